The van der Waals surface area contributed by atoms with Crippen LogP contribution in [-0.4, -0.2) is 24.6 Å². The summed E-state index contributed by atoms with van der Waals surface area (Å²) < 4.78 is 17.6. The molecule has 1 N–H and O–H groups in total. The van der Waals surface area contributed by atoms with E-state index in [0.29, 0.717) is 39.4 Å². The number of halogens is 1. The number of rotatable bonds is 7. The highest BCUT2D eigenvalue weighted by molar-refractivity contribution is 9.10. The van der Waals surface area contributed by atoms with Gasteiger partial charge in [0.2, 0.25) is 6.79 Å². The average Bonchev–Trinajstić information content (AvgIpc) is 3.33. The lowest BCUT2D eigenvalue weighted by atomic mass is 10.0. The van der Waals surface area contributed by atoms with Crippen LogP contribution in [0.15, 0.2) is 71.2 Å². The van der Waals surface area contributed by atoms with Gasteiger partial charge in [0.1, 0.15) is 17.9 Å². The summed E-state index contributed by atoms with van der Waals surface area (Å²) in [6, 6.07) is 13.8. The van der Waals surface area contributed by atoms with Crippen LogP contribution in [0, 0.1) is 13.8 Å². The second-order valence-electron chi connectivity index (χ2n) is 9.26. The van der Waals surface area contributed by atoms with Crippen molar-refractivity contribution in [1.29, 1.82) is 0 Å². The number of barbiturate groups is 1. The van der Waals surface area contributed by atoms with Gasteiger partial charge in [-0.15, -0.1) is 6.58 Å². The van der Waals surface area contributed by atoms with Gasteiger partial charge in [-0.1, -0.05) is 18.2 Å². The molecule has 2 aliphatic heterocycles. The van der Waals surface area contributed by atoms with Crippen molar-refractivity contribution in [1.82, 2.24) is 5.32 Å². The number of carbonyl (C=O) groups excluding carboxylic acids is 3. The summed E-state index contributed by atoms with van der Waals surface area (Å²) in [4.78, 5) is 39.7. The zero-order valence-electron chi connectivity index (χ0n) is 21.4. The minimum atomic E-state index is -0.784. The molecule has 2 aliphatic rings. The average molecular weight is 589 g/mol. The van der Waals surface area contributed by atoms with E-state index in [9.17, 15) is 14.4 Å². The number of amides is 4. The lowest BCUT2D eigenvalue weighted by Crippen LogP contribution is -2.54. The molecule has 0 aromatic heterocycles. The molecule has 4 amide bonds. The summed E-state index contributed by atoms with van der Waals surface area (Å²) in [5.74, 6) is 0.533. The van der Waals surface area contributed by atoms with E-state index in [4.69, 9.17) is 14.2 Å². The summed E-state index contributed by atoms with van der Waals surface area (Å²) >= 11 is 3.58. The minimum Gasteiger partial charge on any atom is -0.487 e. The number of nitrogens with zero attached hydrogens (tertiary/aromatic N) is 1. The summed E-state index contributed by atoms with van der Waals surface area (Å²) in [5, 5.41) is 2.28. The van der Waals surface area contributed by atoms with Crippen LogP contribution in [0.1, 0.15) is 27.8 Å². The Hall–Kier alpha value is -4.37. The fourth-order valence-corrected chi connectivity index (χ4v) is 5.18. The number of ether oxygens (including phenoxy) is 3. The Balaban J connectivity index is 1.44. The third kappa shape index (κ3) is 5.44. The first-order valence-electron chi connectivity index (χ1n) is 12.2. The Morgan fingerprint density at radius 3 is 2.51 bits per heavy atom. The minimum absolute atomic E-state index is 0.153. The van der Waals surface area contributed by atoms with Crippen molar-refractivity contribution in [2.45, 2.75) is 26.9 Å². The predicted molar refractivity (Wildman–Crippen MR) is 150 cm³/mol. The van der Waals surface area contributed by atoms with E-state index >= 15 is 0 Å². The van der Waals surface area contributed by atoms with Crippen molar-refractivity contribution in [3.05, 3.63) is 99.0 Å². The first-order chi connectivity index (χ1) is 18.7. The lowest BCUT2D eigenvalue weighted by Gasteiger charge is -2.27. The molecule has 0 saturated carbocycles. The molecule has 9 heteroatoms. The monoisotopic (exact) mass is 588 g/mol. The van der Waals surface area contributed by atoms with Crippen LogP contribution in [0.5, 0.6) is 17.2 Å². The van der Waals surface area contributed by atoms with E-state index in [2.05, 4.69) is 27.8 Å². The van der Waals surface area contributed by atoms with Gasteiger partial charge in [0, 0.05) is 0 Å². The van der Waals surface area contributed by atoms with Crippen molar-refractivity contribution in [3.63, 3.8) is 0 Å². The Kier molecular flexibility index (Phi) is 7.26. The van der Waals surface area contributed by atoms with Gasteiger partial charge in [-0.3, -0.25) is 14.9 Å². The highest BCUT2D eigenvalue weighted by atomic mass is 79.9. The molecule has 0 bridgehead atoms. The molecule has 3 aromatic rings. The molecule has 0 radical (unpaired) electrons. The number of hydrogen-bond donors (Lipinski definition) is 1. The van der Waals surface area contributed by atoms with Crippen LogP contribution in [0.2, 0.25) is 0 Å². The number of anilines is 1. The lowest BCUT2D eigenvalue weighted by molar-refractivity contribution is -0.122. The molecular formula is C30H25BrN2O6. The maximum atomic E-state index is 13.4. The number of imide groups is 2. The fraction of sp³-hybridized carbons (Fsp3) is 0.167. The normalized spacial score (nSPS) is 15.5. The maximum Gasteiger partial charge on any atom is 0.335 e. The number of hydrogen-bond acceptors (Lipinski definition) is 6. The Labute approximate surface area is 234 Å². The van der Waals surface area contributed by atoms with Crippen molar-refractivity contribution in [2.24, 2.45) is 0 Å². The van der Waals surface area contributed by atoms with Crippen molar-refractivity contribution in [2.75, 3.05) is 11.7 Å². The first kappa shape index (κ1) is 26.2. The molecule has 0 atom stereocenters. The van der Waals surface area contributed by atoms with Crippen LogP contribution in [0.4, 0.5) is 10.5 Å². The number of aryl methyl sites for hydroxylation is 2. The highest BCUT2D eigenvalue weighted by Gasteiger charge is 2.37. The molecule has 0 unspecified atom stereocenters. The predicted octanol–water partition coefficient (Wildman–Crippen LogP) is 5.77. The van der Waals surface area contributed by atoms with Gasteiger partial charge in [0.15, 0.2) is 11.5 Å². The topological polar surface area (TPSA) is 94.2 Å². The van der Waals surface area contributed by atoms with Crippen LogP contribution in [-0.2, 0) is 22.6 Å². The second kappa shape index (κ2) is 10.8. The van der Waals surface area contributed by atoms with Gasteiger partial charge in [-0.25, -0.2) is 9.69 Å². The van der Waals surface area contributed by atoms with E-state index in [-0.39, 0.29) is 19.0 Å². The van der Waals surface area contributed by atoms with E-state index < -0.39 is 17.8 Å². The molecule has 0 spiro atoms. The molecular weight excluding hydrogens is 564 g/mol. The summed E-state index contributed by atoms with van der Waals surface area (Å²) in [6.07, 6.45) is 3.70. The van der Waals surface area contributed by atoms with Crippen LogP contribution in [0.3, 0.4) is 0 Å². The van der Waals surface area contributed by atoms with Gasteiger partial charge >= 0.3 is 6.03 Å². The van der Waals surface area contributed by atoms with Crippen LogP contribution < -0.4 is 24.4 Å². The summed E-state index contributed by atoms with van der Waals surface area (Å²) in [5.41, 5.74) is 4.32. The van der Waals surface area contributed by atoms with Gasteiger partial charge in [-0.05, 0) is 106 Å². The van der Waals surface area contributed by atoms with E-state index in [1.807, 2.05) is 44.2 Å². The van der Waals surface area contributed by atoms with Crippen molar-refractivity contribution >= 4 is 45.5 Å². The molecule has 2 heterocycles. The third-order valence-electron chi connectivity index (χ3n) is 6.20. The second-order valence-corrected chi connectivity index (χ2v) is 10.1. The zero-order chi connectivity index (χ0) is 27.7. The van der Waals surface area contributed by atoms with Crippen LogP contribution in [0.25, 0.3) is 6.08 Å². The number of benzene rings is 3. The Morgan fingerprint density at radius 1 is 1.03 bits per heavy atom. The van der Waals surface area contributed by atoms with Gasteiger partial charge in [0.05, 0.1) is 10.2 Å². The zero-order valence-corrected chi connectivity index (χ0v) is 23.0. The highest BCUT2D eigenvalue weighted by Crippen LogP contribution is 2.36. The van der Waals surface area contributed by atoms with Gasteiger partial charge < -0.3 is 14.2 Å². The molecule has 198 valence electrons. The number of urea groups is 1. The molecule has 1 saturated heterocycles. The quantitative estimate of drug-likeness (QED) is 0.214. The maximum absolute atomic E-state index is 13.4. The molecule has 1 fully saturated rings. The third-order valence-corrected chi connectivity index (χ3v) is 6.79. The van der Waals surface area contributed by atoms with E-state index in [1.165, 1.54) is 6.08 Å². The number of carbonyl (C=O) groups is 3. The fourth-order valence-electron chi connectivity index (χ4n) is 4.55. The van der Waals surface area contributed by atoms with E-state index in [1.54, 1.807) is 24.3 Å². The van der Waals surface area contributed by atoms with Crippen LogP contribution >= 0.6 is 15.9 Å². The molecule has 3 aromatic carbocycles. The van der Waals surface area contributed by atoms with E-state index in [0.717, 1.165) is 27.2 Å². The number of fused-ring (bicyclic) bond motifs is 1. The van der Waals surface area contributed by atoms with Gasteiger partial charge in [0.25, 0.3) is 11.8 Å². The molecule has 8 nitrogen and oxygen atoms in total. The molecule has 5 rings (SSSR count). The Bertz CT molecular complexity index is 1540. The smallest absolute Gasteiger partial charge is 0.335 e. The van der Waals surface area contributed by atoms with Gasteiger partial charge in [-0.2, -0.15) is 0 Å². The molecule has 39 heavy (non-hydrogen) atoms. The number of nitrogens with one attached hydrogen (secondary N) is 1. The first-order valence-corrected chi connectivity index (χ1v) is 13.0. The SMILES string of the molecule is C=CCc1cc(/C=C2\C(=O)NC(=O)N(c3cc(C)cc(C)c3)C2=O)cc(Br)c1OCc1ccc2c(c1)OCO2. The van der Waals surface area contributed by atoms with Crippen molar-refractivity contribution in [3.8, 4) is 17.2 Å². The standard InChI is InChI=1S/C30H25BrN2O6/c1-4-5-21-11-20(13-24(31)27(21)37-15-19-6-7-25-26(14-19)39-16-38-25)12-23-28(34)32-30(36)33(29(23)35)22-9-17(2)8-18(3)10-22/h4,6-14H,1,5,15-16H2,2-3H3,(H,32,34,36)/b23-12+. The van der Waals surface area contributed by atoms with Crippen molar-refractivity contribution < 1.29 is 28.6 Å². The number of allylic oxidation sites excluding steroid dienone is 1. The molecule has 0 aliphatic carbocycles. The Morgan fingerprint density at radius 2 is 1.77 bits per heavy atom. The summed E-state index contributed by atoms with van der Waals surface area (Å²) in [7, 11) is 0. The largest absolute Gasteiger partial charge is 0.487 e. The summed E-state index contributed by atoms with van der Waals surface area (Å²) in [6.45, 7) is 8.07.